The molecule has 2 N–H and O–H groups in total. The number of hydrogen-bond donors (Lipinski definition) is 1. The summed E-state index contributed by atoms with van der Waals surface area (Å²) < 4.78 is 1.14. The number of fused-ring (bicyclic) bond motifs is 1. The maximum atomic E-state index is 6.27. The first-order valence-corrected chi connectivity index (χ1v) is 5.97. The van der Waals surface area contributed by atoms with E-state index in [1.165, 1.54) is 16.3 Å². The largest absolute Gasteiger partial charge is 0.321 e. The Labute approximate surface area is 110 Å². The van der Waals surface area contributed by atoms with E-state index in [-0.39, 0.29) is 17.9 Å². The van der Waals surface area contributed by atoms with Gasteiger partial charge < -0.3 is 5.73 Å². The molecule has 0 aromatic heterocycles. The van der Waals surface area contributed by atoms with Crippen molar-refractivity contribution in [2.75, 3.05) is 0 Å². The van der Waals surface area contributed by atoms with Crippen molar-refractivity contribution in [2.45, 2.75) is 18.4 Å². The zero-order valence-corrected chi connectivity index (χ0v) is 11.1. The van der Waals surface area contributed by atoms with E-state index in [9.17, 15) is 0 Å². The molecule has 0 unspecified atom stereocenters. The van der Waals surface area contributed by atoms with Gasteiger partial charge in [-0.25, -0.2) is 0 Å². The standard InChI is InChI=1S/C13H12BrN.ClH/c14-12-6-2-3-9-10(12)4-1-5-11(9)13(15)7-8-13;/h1-6H,7-8,15H2;1H. The lowest BCUT2D eigenvalue weighted by atomic mass is 9.98. The van der Waals surface area contributed by atoms with Crippen LogP contribution in [0, 0.1) is 0 Å². The molecule has 1 fully saturated rings. The summed E-state index contributed by atoms with van der Waals surface area (Å²) in [6.45, 7) is 0. The Morgan fingerprint density at radius 2 is 1.62 bits per heavy atom. The van der Waals surface area contributed by atoms with Crippen molar-refractivity contribution in [3.8, 4) is 0 Å². The Kier molecular flexibility index (Phi) is 2.99. The van der Waals surface area contributed by atoms with Gasteiger partial charge in [-0.05, 0) is 35.2 Å². The van der Waals surface area contributed by atoms with Gasteiger partial charge in [0.25, 0.3) is 0 Å². The molecule has 0 amide bonds. The molecule has 2 aromatic rings. The van der Waals surface area contributed by atoms with Crippen molar-refractivity contribution >= 4 is 39.1 Å². The van der Waals surface area contributed by atoms with Crippen LogP contribution in [0.4, 0.5) is 0 Å². The molecule has 0 aliphatic heterocycles. The predicted molar refractivity (Wildman–Crippen MR) is 74.0 cm³/mol. The molecule has 3 rings (SSSR count). The molecule has 16 heavy (non-hydrogen) atoms. The first-order chi connectivity index (χ1) is 7.21. The third-order valence-corrected chi connectivity index (χ3v) is 3.89. The summed E-state index contributed by atoms with van der Waals surface area (Å²) in [4.78, 5) is 0. The molecule has 1 aliphatic rings. The SMILES string of the molecule is Cl.NC1(c2cccc3c(Br)cccc23)CC1. The quantitative estimate of drug-likeness (QED) is 0.847. The van der Waals surface area contributed by atoms with Crippen molar-refractivity contribution in [3.63, 3.8) is 0 Å². The minimum atomic E-state index is -0.0553. The Morgan fingerprint density at radius 1 is 1.00 bits per heavy atom. The van der Waals surface area contributed by atoms with Crippen molar-refractivity contribution in [3.05, 3.63) is 46.4 Å². The highest BCUT2D eigenvalue weighted by atomic mass is 79.9. The topological polar surface area (TPSA) is 26.0 Å². The highest BCUT2D eigenvalue weighted by molar-refractivity contribution is 9.10. The maximum absolute atomic E-state index is 6.27. The number of benzene rings is 2. The second-order valence-corrected chi connectivity index (χ2v) is 5.15. The maximum Gasteiger partial charge on any atom is 0.0417 e. The fraction of sp³-hybridized carbons (Fsp3) is 0.231. The molecule has 2 aromatic carbocycles. The molecule has 1 nitrogen and oxygen atoms in total. The summed E-state index contributed by atoms with van der Waals surface area (Å²) in [6.07, 6.45) is 2.22. The van der Waals surface area contributed by atoms with Gasteiger partial charge in [-0.15, -0.1) is 12.4 Å². The monoisotopic (exact) mass is 297 g/mol. The van der Waals surface area contributed by atoms with Gasteiger partial charge in [0.15, 0.2) is 0 Å². The normalized spacial score (nSPS) is 16.9. The van der Waals surface area contributed by atoms with Crippen LogP contribution in [-0.4, -0.2) is 0 Å². The van der Waals surface area contributed by atoms with Crippen LogP contribution in [0.3, 0.4) is 0 Å². The fourth-order valence-corrected chi connectivity index (χ4v) is 2.61. The third kappa shape index (κ3) is 1.75. The van der Waals surface area contributed by atoms with E-state index in [0.717, 1.165) is 17.3 Å². The van der Waals surface area contributed by atoms with Gasteiger partial charge in [0, 0.05) is 10.0 Å². The van der Waals surface area contributed by atoms with Crippen LogP contribution in [0.1, 0.15) is 18.4 Å². The van der Waals surface area contributed by atoms with Gasteiger partial charge in [-0.3, -0.25) is 0 Å². The zero-order valence-electron chi connectivity index (χ0n) is 8.74. The molecule has 3 heteroatoms. The minimum absolute atomic E-state index is 0. The number of nitrogens with two attached hydrogens (primary N) is 1. The summed E-state index contributed by atoms with van der Waals surface area (Å²) in [7, 11) is 0. The van der Waals surface area contributed by atoms with E-state index in [4.69, 9.17) is 5.73 Å². The second kappa shape index (κ2) is 4.02. The van der Waals surface area contributed by atoms with Gasteiger partial charge in [0.1, 0.15) is 0 Å². The van der Waals surface area contributed by atoms with Gasteiger partial charge in [0.05, 0.1) is 0 Å². The van der Waals surface area contributed by atoms with Crippen LogP contribution in [0.25, 0.3) is 10.8 Å². The molecule has 1 saturated carbocycles. The van der Waals surface area contributed by atoms with Crippen LogP contribution in [-0.2, 0) is 5.54 Å². The van der Waals surface area contributed by atoms with Crippen molar-refractivity contribution in [1.82, 2.24) is 0 Å². The highest BCUT2D eigenvalue weighted by Crippen LogP contribution is 2.45. The summed E-state index contributed by atoms with van der Waals surface area (Å²) >= 11 is 3.58. The number of halogens is 2. The number of hydrogen-bond acceptors (Lipinski definition) is 1. The lowest BCUT2D eigenvalue weighted by molar-refractivity contribution is 0.748. The first kappa shape index (κ1) is 11.9. The van der Waals surface area contributed by atoms with Crippen molar-refractivity contribution in [1.29, 1.82) is 0 Å². The summed E-state index contributed by atoms with van der Waals surface area (Å²) in [5.74, 6) is 0. The first-order valence-electron chi connectivity index (χ1n) is 5.17. The van der Waals surface area contributed by atoms with E-state index in [2.05, 4.69) is 52.3 Å². The lowest BCUT2D eigenvalue weighted by Crippen LogP contribution is -2.18. The fourth-order valence-electron chi connectivity index (χ4n) is 2.11. The van der Waals surface area contributed by atoms with Crippen LogP contribution in [0.15, 0.2) is 40.9 Å². The van der Waals surface area contributed by atoms with Crippen molar-refractivity contribution < 1.29 is 0 Å². The molecular formula is C13H13BrClN. The molecular weight excluding hydrogens is 286 g/mol. The predicted octanol–water partition coefficient (Wildman–Crippen LogP) is 3.97. The van der Waals surface area contributed by atoms with Crippen LogP contribution >= 0.6 is 28.3 Å². The molecule has 0 bridgehead atoms. The highest BCUT2D eigenvalue weighted by Gasteiger charge is 2.40. The minimum Gasteiger partial charge on any atom is -0.321 e. The van der Waals surface area contributed by atoms with Crippen LogP contribution in [0.5, 0.6) is 0 Å². The van der Waals surface area contributed by atoms with Crippen molar-refractivity contribution in [2.24, 2.45) is 5.73 Å². The third-order valence-electron chi connectivity index (χ3n) is 3.19. The van der Waals surface area contributed by atoms with Gasteiger partial charge in [-0.2, -0.15) is 0 Å². The molecule has 0 saturated heterocycles. The van der Waals surface area contributed by atoms with Gasteiger partial charge in [-0.1, -0.05) is 46.3 Å². The molecule has 1 aliphatic carbocycles. The van der Waals surface area contributed by atoms with E-state index in [0.29, 0.717) is 0 Å². The summed E-state index contributed by atoms with van der Waals surface area (Å²) in [6, 6.07) is 12.7. The van der Waals surface area contributed by atoms with Crippen LogP contribution < -0.4 is 5.73 Å². The molecule has 0 spiro atoms. The summed E-state index contributed by atoms with van der Waals surface area (Å²) in [5, 5.41) is 2.54. The molecule has 84 valence electrons. The number of rotatable bonds is 1. The molecule has 0 radical (unpaired) electrons. The zero-order chi connectivity index (χ0) is 10.5. The van der Waals surface area contributed by atoms with Crippen LogP contribution in [0.2, 0.25) is 0 Å². The van der Waals surface area contributed by atoms with Gasteiger partial charge in [0.2, 0.25) is 0 Å². The summed E-state index contributed by atoms with van der Waals surface area (Å²) in [5.41, 5.74) is 7.51. The second-order valence-electron chi connectivity index (χ2n) is 4.30. The van der Waals surface area contributed by atoms with E-state index >= 15 is 0 Å². The Bertz CT molecular complexity index is 534. The average Bonchev–Trinajstić information content (AvgIpc) is 2.98. The van der Waals surface area contributed by atoms with E-state index < -0.39 is 0 Å². The van der Waals surface area contributed by atoms with E-state index in [1.807, 2.05) is 0 Å². The molecule has 0 atom stereocenters. The Morgan fingerprint density at radius 3 is 2.31 bits per heavy atom. The Balaban J connectivity index is 0.000000963. The molecule has 0 heterocycles. The smallest absolute Gasteiger partial charge is 0.0417 e. The average molecular weight is 299 g/mol. The van der Waals surface area contributed by atoms with Gasteiger partial charge >= 0.3 is 0 Å². The van der Waals surface area contributed by atoms with E-state index in [1.54, 1.807) is 0 Å². The lowest BCUT2D eigenvalue weighted by Gasteiger charge is -2.13. The Hall–Kier alpha value is -0.570.